The van der Waals surface area contributed by atoms with E-state index in [1.165, 1.54) is 11.1 Å². The highest BCUT2D eigenvalue weighted by molar-refractivity contribution is 14.1. The van der Waals surface area contributed by atoms with E-state index in [9.17, 15) is 0 Å². The fourth-order valence-corrected chi connectivity index (χ4v) is 8.12. The van der Waals surface area contributed by atoms with Gasteiger partial charge in [0.15, 0.2) is 0 Å². The first-order valence-electron chi connectivity index (χ1n) is 9.44. The number of halogens is 4. The largest absolute Gasteiger partial charge is 0.494 e. The molecule has 1 aliphatic heterocycles. The van der Waals surface area contributed by atoms with Crippen LogP contribution < -0.4 is 4.74 Å². The molecule has 0 saturated carbocycles. The Labute approximate surface area is 213 Å². The first-order valence-corrected chi connectivity index (χ1v) is 13.8. The van der Waals surface area contributed by atoms with Crippen LogP contribution in [-0.4, -0.2) is 25.0 Å². The van der Waals surface area contributed by atoms with Gasteiger partial charge in [-0.3, -0.25) is 0 Å². The highest BCUT2D eigenvalue weighted by atomic mass is 127. The molecular formula is C22H24ClI3O2. The second kappa shape index (κ2) is 10.8. The summed E-state index contributed by atoms with van der Waals surface area (Å²) in [7, 11) is 0. The van der Waals surface area contributed by atoms with Crippen molar-refractivity contribution >= 4 is 79.4 Å². The Bertz CT molecular complexity index is 782. The van der Waals surface area contributed by atoms with Crippen LogP contribution in [0.2, 0.25) is 5.02 Å². The molecule has 152 valence electrons. The van der Waals surface area contributed by atoms with E-state index in [1.807, 2.05) is 25.1 Å². The lowest BCUT2D eigenvalue weighted by molar-refractivity contribution is -0.0394. The maximum absolute atomic E-state index is 6.54. The summed E-state index contributed by atoms with van der Waals surface area (Å²) in [6.45, 7) is 5.03. The Morgan fingerprint density at radius 3 is 2.43 bits per heavy atom. The predicted octanol–water partition coefficient (Wildman–Crippen LogP) is 7.45. The van der Waals surface area contributed by atoms with Gasteiger partial charge in [0.25, 0.3) is 0 Å². The number of hydrogen-bond acceptors (Lipinski definition) is 2. The molecule has 1 heterocycles. The van der Waals surface area contributed by atoms with E-state index < -0.39 is 0 Å². The van der Waals surface area contributed by atoms with Crippen LogP contribution in [0, 0.1) is 5.92 Å². The minimum atomic E-state index is 0.109. The molecule has 2 aromatic rings. The molecule has 5 atom stereocenters. The fourth-order valence-electron chi connectivity index (χ4n) is 3.51. The number of alkyl halides is 3. The van der Waals surface area contributed by atoms with Crippen molar-refractivity contribution in [2.24, 2.45) is 5.92 Å². The van der Waals surface area contributed by atoms with Crippen molar-refractivity contribution in [2.45, 2.75) is 40.3 Å². The van der Waals surface area contributed by atoms with Gasteiger partial charge < -0.3 is 9.47 Å². The third kappa shape index (κ3) is 5.48. The standard InChI is InChI=1S/C22H24ClI3O2/c1-3-27-17-7-4-14(5-8-17)10-16-11-15(6-9-18(16)23)22-21(26)13(2)20(25)19(12-24)28-22/h4-9,11,13,19-22H,3,10,12H2,1-2H3. The van der Waals surface area contributed by atoms with Crippen molar-refractivity contribution in [3.63, 3.8) is 0 Å². The second-order valence-corrected chi connectivity index (χ2v) is 11.3. The Balaban J connectivity index is 1.82. The third-order valence-corrected chi connectivity index (χ3v) is 10.1. The summed E-state index contributed by atoms with van der Waals surface area (Å²) in [4.78, 5) is 0. The topological polar surface area (TPSA) is 18.5 Å². The molecule has 3 rings (SSSR count). The molecule has 0 spiro atoms. The van der Waals surface area contributed by atoms with E-state index in [4.69, 9.17) is 21.1 Å². The first-order chi connectivity index (χ1) is 13.4. The van der Waals surface area contributed by atoms with Crippen LogP contribution in [-0.2, 0) is 11.2 Å². The quantitative estimate of drug-likeness (QED) is 0.227. The molecule has 0 aromatic heterocycles. The first kappa shape index (κ1) is 23.3. The van der Waals surface area contributed by atoms with Crippen LogP contribution >= 0.6 is 79.4 Å². The molecule has 1 aliphatic rings. The van der Waals surface area contributed by atoms with Crippen molar-refractivity contribution in [1.82, 2.24) is 0 Å². The summed E-state index contributed by atoms with van der Waals surface area (Å²) in [5.74, 6) is 1.51. The molecule has 6 heteroatoms. The van der Waals surface area contributed by atoms with E-state index in [-0.39, 0.29) is 12.2 Å². The zero-order valence-electron chi connectivity index (χ0n) is 15.9. The van der Waals surface area contributed by atoms with Crippen LogP contribution in [0.25, 0.3) is 0 Å². The van der Waals surface area contributed by atoms with Crippen LogP contribution in [0.1, 0.15) is 36.6 Å². The second-order valence-electron chi connectivity index (χ2n) is 7.10. The predicted molar refractivity (Wildman–Crippen MR) is 143 cm³/mol. The lowest BCUT2D eigenvalue weighted by Gasteiger charge is -2.41. The van der Waals surface area contributed by atoms with E-state index in [0.717, 1.165) is 27.2 Å². The van der Waals surface area contributed by atoms with Crippen molar-refractivity contribution in [2.75, 3.05) is 11.0 Å². The van der Waals surface area contributed by atoms with Gasteiger partial charge in [0, 0.05) is 17.3 Å². The van der Waals surface area contributed by atoms with Gasteiger partial charge in [0.2, 0.25) is 0 Å². The SMILES string of the molecule is CCOc1ccc(Cc2cc(C3OC(CI)C(I)C(C)C3I)ccc2Cl)cc1. The van der Waals surface area contributed by atoms with Crippen LogP contribution in [0.3, 0.4) is 0 Å². The summed E-state index contributed by atoms with van der Waals surface area (Å²) in [6, 6.07) is 14.7. The maximum Gasteiger partial charge on any atom is 0.119 e. The average Bonchev–Trinajstić information content (AvgIpc) is 2.70. The molecule has 2 aromatic carbocycles. The highest BCUT2D eigenvalue weighted by Crippen LogP contribution is 2.44. The molecule has 28 heavy (non-hydrogen) atoms. The Kier molecular flexibility index (Phi) is 9.02. The summed E-state index contributed by atoms with van der Waals surface area (Å²) < 4.78 is 14.1. The summed E-state index contributed by atoms with van der Waals surface area (Å²) in [5, 5.41) is 0.809. The summed E-state index contributed by atoms with van der Waals surface area (Å²) >= 11 is 14.1. The number of hydrogen-bond donors (Lipinski definition) is 0. The van der Waals surface area contributed by atoms with Crippen LogP contribution in [0.15, 0.2) is 42.5 Å². The zero-order valence-corrected chi connectivity index (χ0v) is 23.1. The Morgan fingerprint density at radius 1 is 1.07 bits per heavy atom. The zero-order chi connectivity index (χ0) is 20.3. The van der Waals surface area contributed by atoms with Gasteiger partial charge >= 0.3 is 0 Å². The molecule has 5 unspecified atom stereocenters. The molecule has 0 aliphatic carbocycles. The van der Waals surface area contributed by atoms with Crippen molar-refractivity contribution in [3.05, 3.63) is 64.2 Å². The molecule has 0 N–H and O–H groups in total. The van der Waals surface area contributed by atoms with E-state index >= 15 is 0 Å². The van der Waals surface area contributed by atoms with E-state index in [1.54, 1.807) is 0 Å². The van der Waals surface area contributed by atoms with Gasteiger partial charge in [0.05, 0.1) is 18.8 Å². The van der Waals surface area contributed by atoms with E-state index in [2.05, 4.69) is 99.0 Å². The lowest BCUT2D eigenvalue weighted by atomic mass is 9.89. The molecule has 2 nitrogen and oxygen atoms in total. The fraction of sp³-hybridized carbons (Fsp3) is 0.455. The van der Waals surface area contributed by atoms with Gasteiger partial charge in [-0.1, -0.05) is 111 Å². The molecule has 0 radical (unpaired) electrons. The van der Waals surface area contributed by atoms with Gasteiger partial charge in [-0.05, 0) is 54.2 Å². The minimum absolute atomic E-state index is 0.109. The molecule has 1 saturated heterocycles. The van der Waals surface area contributed by atoms with Gasteiger partial charge in [-0.15, -0.1) is 0 Å². The van der Waals surface area contributed by atoms with Gasteiger partial charge in [-0.2, -0.15) is 0 Å². The van der Waals surface area contributed by atoms with Crippen molar-refractivity contribution < 1.29 is 9.47 Å². The minimum Gasteiger partial charge on any atom is -0.494 e. The van der Waals surface area contributed by atoms with Gasteiger partial charge in [-0.25, -0.2) is 0 Å². The number of benzene rings is 2. The van der Waals surface area contributed by atoms with Crippen LogP contribution in [0.4, 0.5) is 0 Å². The smallest absolute Gasteiger partial charge is 0.119 e. The molecular weight excluding hydrogens is 712 g/mol. The number of rotatable bonds is 6. The Morgan fingerprint density at radius 2 is 1.79 bits per heavy atom. The molecule has 1 fully saturated rings. The van der Waals surface area contributed by atoms with Crippen molar-refractivity contribution in [1.29, 1.82) is 0 Å². The molecule has 0 bridgehead atoms. The summed E-state index contributed by atoms with van der Waals surface area (Å²) in [5.41, 5.74) is 3.60. The normalized spacial score (nSPS) is 27.6. The van der Waals surface area contributed by atoms with Crippen molar-refractivity contribution in [3.8, 4) is 5.75 Å². The average molecular weight is 737 g/mol. The molecule has 0 amide bonds. The maximum atomic E-state index is 6.54. The van der Waals surface area contributed by atoms with E-state index in [0.29, 0.717) is 20.4 Å². The Hall–Kier alpha value is 0.680. The third-order valence-electron chi connectivity index (χ3n) is 5.15. The van der Waals surface area contributed by atoms with Gasteiger partial charge in [0.1, 0.15) is 5.75 Å². The summed E-state index contributed by atoms with van der Waals surface area (Å²) in [6.07, 6.45) is 1.20. The number of ether oxygens (including phenoxy) is 2. The van der Waals surface area contributed by atoms with Crippen LogP contribution in [0.5, 0.6) is 5.75 Å². The highest BCUT2D eigenvalue weighted by Gasteiger charge is 2.41. The lowest BCUT2D eigenvalue weighted by Crippen LogP contribution is -2.44. The monoisotopic (exact) mass is 736 g/mol.